The average Bonchev–Trinajstić information content (AvgIpc) is 2.81. The predicted molar refractivity (Wildman–Crippen MR) is 122 cm³/mol. The lowest BCUT2D eigenvalue weighted by molar-refractivity contribution is -0.122. The number of nitrogens with two attached hydrogens (primary N) is 1. The van der Waals surface area contributed by atoms with Gasteiger partial charge < -0.3 is 25.8 Å². The number of hydrogen-bond acceptors (Lipinski definition) is 5. The zero-order valence-electron chi connectivity index (χ0n) is 17.5. The number of methoxy groups -OCH3 is 2. The molecule has 160 valence electrons. The van der Waals surface area contributed by atoms with E-state index in [1.807, 2.05) is 30.3 Å². The summed E-state index contributed by atoms with van der Waals surface area (Å²) >= 11 is 0. The Balaban J connectivity index is 1.89. The van der Waals surface area contributed by atoms with Crippen LogP contribution in [0.4, 0.5) is 5.69 Å². The Morgan fingerprint density at radius 3 is 2.13 bits per heavy atom. The standard InChI is InChI=1S/C24H26N4O3/c1-30-20-12-18(13-21(14-20)31-2)22(24(29)27-15-16-6-4-3-5-7-16)28-19-10-8-17(9-11-19)23(25)26/h3-14,22,28H,15H2,1-2H3,(H3,25,26)(H,27,29)/t22-/m1/s1. The minimum atomic E-state index is -0.698. The molecule has 5 N–H and O–H groups in total. The summed E-state index contributed by atoms with van der Waals surface area (Å²) in [7, 11) is 3.13. The van der Waals surface area contributed by atoms with Gasteiger partial charge in [-0.15, -0.1) is 0 Å². The van der Waals surface area contributed by atoms with E-state index >= 15 is 0 Å². The van der Waals surface area contributed by atoms with Gasteiger partial charge in [0.15, 0.2) is 0 Å². The third kappa shape index (κ3) is 5.76. The van der Waals surface area contributed by atoms with Crippen LogP contribution in [0.3, 0.4) is 0 Å². The highest BCUT2D eigenvalue weighted by atomic mass is 16.5. The zero-order chi connectivity index (χ0) is 22.2. The number of hydrogen-bond donors (Lipinski definition) is 4. The number of carbonyl (C=O) groups is 1. The SMILES string of the molecule is COc1cc(OC)cc([C@@H](Nc2ccc(C(=N)N)cc2)C(=O)NCc2ccccc2)c1. The molecule has 3 aromatic rings. The fourth-order valence-electron chi connectivity index (χ4n) is 3.10. The summed E-state index contributed by atoms with van der Waals surface area (Å²) in [6.07, 6.45) is 0. The fraction of sp³-hybridized carbons (Fsp3) is 0.167. The molecule has 1 atom stereocenters. The molecule has 0 unspecified atom stereocenters. The van der Waals surface area contributed by atoms with Crippen LogP contribution >= 0.6 is 0 Å². The van der Waals surface area contributed by atoms with Crippen molar-refractivity contribution in [2.75, 3.05) is 19.5 Å². The van der Waals surface area contributed by atoms with Crippen LogP contribution in [0.25, 0.3) is 0 Å². The first kappa shape index (κ1) is 21.7. The molecule has 1 amide bonds. The van der Waals surface area contributed by atoms with Crippen molar-refractivity contribution >= 4 is 17.4 Å². The molecular formula is C24H26N4O3. The van der Waals surface area contributed by atoms with Gasteiger partial charge in [0.05, 0.1) is 14.2 Å². The molecule has 7 heteroatoms. The minimum Gasteiger partial charge on any atom is -0.497 e. The number of nitrogen functional groups attached to an aromatic ring is 1. The first-order valence-corrected chi connectivity index (χ1v) is 9.75. The van der Waals surface area contributed by atoms with Crippen molar-refractivity contribution in [1.29, 1.82) is 5.41 Å². The number of anilines is 1. The smallest absolute Gasteiger partial charge is 0.247 e. The highest BCUT2D eigenvalue weighted by Crippen LogP contribution is 2.29. The van der Waals surface area contributed by atoms with E-state index in [2.05, 4.69) is 10.6 Å². The van der Waals surface area contributed by atoms with Crippen LogP contribution in [0, 0.1) is 5.41 Å². The van der Waals surface area contributed by atoms with Crippen molar-refractivity contribution in [3.63, 3.8) is 0 Å². The Hall–Kier alpha value is -4.00. The van der Waals surface area contributed by atoms with E-state index in [-0.39, 0.29) is 11.7 Å². The maximum Gasteiger partial charge on any atom is 0.247 e. The molecule has 31 heavy (non-hydrogen) atoms. The fourth-order valence-corrected chi connectivity index (χ4v) is 3.10. The molecule has 0 saturated heterocycles. The summed E-state index contributed by atoms with van der Waals surface area (Å²) < 4.78 is 10.7. The zero-order valence-corrected chi connectivity index (χ0v) is 17.5. The van der Waals surface area contributed by atoms with Gasteiger partial charge in [-0.05, 0) is 47.5 Å². The van der Waals surface area contributed by atoms with Crippen LogP contribution < -0.4 is 25.8 Å². The summed E-state index contributed by atoms with van der Waals surface area (Å²) in [6.45, 7) is 0.405. The van der Waals surface area contributed by atoms with E-state index < -0.39 is 6.04 Å². The van der Waals surface area contributed by atoms with Crippen LogP contribution in [0.15, 0.2) is 72.8 Å². The molecule has 0 fully saturated rings. The highest BCUT2D eigenvalue weighted by molar-refractivity contribution is 5.95. The maximum absolute atomic E-state index is 13.2. The molecule has 7 nitrogen and oxygen atoms in total. The Bertz CT molecular complexity index is 1010. The summed E-state index contributed by atoms with van der Waals surface area (Å²) in [5.41, 5.74) is 8.55. The molecule has 0 aliphatic carbocycles. The summed E-state index contributed by atoms with van der Waals surface area (Å²) in [5, 5.41) is 13.8. The van der Waals surface area contributed by atoms with Gasteiger partial charge in [-0.1, -0.05) is 30.3 Å². The average molecular weight is 418 g/mol. The lowest BCUT2D eigenvalue weighted by Crippen LogP contribution is -2.33. The molecule has 0 radical (unpaired) electrons. The number of ether oxygens (including phenoxy) is 2. The minimum absolute atomic E-state index is 0.0127. The van der Waals surface area contributed by atoms with Crippen molar-refractivity contribution in [3.8, 4) is 11.5 Å². The van der Waals surface area contributed by atoms with Crippen molar-refractivity contribution < 1.29 is 14.3 Å². The molecule has 0 aliphatic heterocycles. The summed E-state index contributed by atoms with van der Waals surface area (Å²) in [5.74, 6) is 0.962. The number of benzene rings is 3. The van der Waals surface area contributed by atoms with Crippen LogP contribution in [0.5, 0.6) is 11.5 Å². The molecule has 0 saturated carbocycles. The highest BCUT2D eigenvalue weighted by Gasteiger charge is 2.22. The predicted octanol–water partition coefficient (Wildman–Crippen LogP) is 3.46. The van der Waals surface area contributed by atoms with Gasteiger partial charge in [0.25, 0.3) is 0 Å². The second-order valence-electron chi connectivity index (χ2n) is 6.92. The quantitative estimate of drug-likeness (QED) is 0.314. The Kier molecular flexibility index (Phi) is 7.11. The van der Waals surface area contributed by atoms with Gasteiger partial charge >= 0.3 is 0 Å². The van der Waals surface area contributed by atoms with E-state index in [1.54, 1.807) is 56.7 Å². The Labute approximate surface area is 181 Å². The summed E-state index contributed by atoms with van der Waals surface area (Å²) in [6, 6.07) is 21.4. The first-order chi connectivity index (χ1) is 15.0. The first-order valence-electron chi connectivity index (χ1n) is 9.75. The second-order valence-corrected chi connectivity index (χ2v) is 6.92. The maximum atomic E-state index is 13.2. The number of carbonyl (C=O) groups excluding carboxylic acids is 1. The molecule has 0 heterocycles. The lowest BCUT2D eigenvalue weighted by atomic mass is 10.0. The Morgan fingerprint density at radius 2 is 1.58 bits per heavy atom. The molecule has 0 spiro atoms. The van der Waals surface area contributed by atoms with Gasteiger partial charge in [-0.25, -0.2) is 0 Å². The van der Waals surface area contributed by atoms with E-state index in [1.165, 1.54) is 0 Å². The van der Waals surface area contributed by atoms with Gasteiger partial charge in [0.1, 0.15) is 23.4 Å². The van der Waals surface area contributed by atoms with E-state index in [0.29, 0.717) is 34.9 Å². The number of nitrogens with one attached hydrogen (secondary N) is 3. The third-order valence-corrected chi connectivity index (χ3v) is 4.79. The number of amides is 1. The van der Waals surface area contributed by atoms with Crippen LogP contribution in [-0.2, 0) is 11.3 Å². The third-order valence-electron chi connectivity index (χ3n) is 4.79. The van der Waals surface area contributed by atoms with E-state index in [9.17, 15) is 4.79 Å². The van der Waals surface area contributed by atoms with Gasteiger partial charge in [0.2, 0.25) is 5.91 Å². The van der Waals surface area contributed by atoms with Crippen LogP contribution in [0.2, 0.25) is 0 Å². The van der Waals surface area contributed by atoms with Crippen molar-refractivity contribution in [2.45, 2.75) is 12.6 Å². The molecule has 3 rings (SSSR count). The number of rotatable bonds is 9. The second kappa shape index (κ2) is 10.2. The molecule has 0 aromatic heterocycles. The van der Waals surface area contributed by atoms with Crippen molar-refractivity contribution in [1.82, 2.24) is 5.32 Å². The van der Waals surface area contributed by atoms with Gasteiger partial charge in [-0.2, -0.15) is 0 Å². The topological polar surface area (TPSA) is 109 Å². The van der Waals surface area contributed by atoms with E-state index in [4.69, 9.17) is 20.6 Å². The lowest BCUT2D eigenvalue weighted by Gasteiger charge is -2.21. The van der Waals surface area contributed by atoms with Crippen molar-refractivity contribution in [2.24, 2.45) is 5.73 Å². The number of amidine groups is 1. The van der Waals surface area contributed by atoms with Crippen LogP contribution in [0.1, 0.15) is 22.7 Å². The van der Waals surface area contributed by atoms with Gasteiger partial charge in [-0.3, -0.25) is 10.2 Å². The molecule has 3 aromatic carbocycles. The van der Waals surface area contributed by atoms with Gasteiger partial charge in [0, 0.05) is 23.9 Å². The van der Waals surface area contributed by atoms with Crippen LogP contribution in [-0.4, -0.2) is 26.0 Å². The van der Waals surface area contributed by atoms with Crippen molar-refractivity contribution in [3.05, 3.63) is 89.5 Å². The molecule has 0 aliphatic rings. The molecular weight excluding hydrogens is 392 g/mol. The summed E-state index contributed by atoms with van der Waals surface area (Å²) in [4.78, 5) is 13.2. The largest absolute Gasteiger partial charge is 0.497 e. The monoisotopic (exact) mass is 418 g/mol. The normalized spacial score (nSPS) is 11.3. The van der Waals surface area contributed by atoms with E-state index in [0.717, 1.165) is 5.56 Å². The Morgan fingerprint density at radius 1 is 0.968 bits per heavy atom. The molecule has 0 bridgehead atoms.